The van der Waals surface area contributed by atoms with Gasteiger partial charge in [0.25, 0.3) is 11.6 Å². The molecule has 1 saturated heterocycles. The standard InChI is InChI=1S/C23H26N4O6S2/c1-16-3-6-19(7-4-16)35(31,32)25-11-9-17(10-12-25)22(28)24-23-26(13-14-33-2)20-8-5-18(27(29)30)15-21(20)34-23/h3-8,15,17H,9-14H2,1-2H3. The highest BCUT2D eigenvalue weighted by Gasteiger charge is 2.32. The zero-order valence-electron chi connectivity index (χ0n) is 19.4. The molecule has 2 aromatic carbocycles. The van der Waals surface area contributed by atoms with Crippen molar-refractivity contribution in [3.63, 3.8) is 0 Å². The van der Waals surface area contributed by atoms with Gasteiger partial charge in [0.2, 0.25) is 10.0 Å². The van der Waals surface area contributed by atoms with Gasteiger partial charge in [0.05, 0.1) is 26.6 Å². The number of nitro benzene ring substituents is 1. The van der Waals surface area contributed by atoms with Crippen LogP contribution in [0.3, 0.4) is 0 Å². The van der Waals surface area contributed by atoms with E-state index in [4.69, 9.17) is 4.74 Å². The predicted molar refractivity (Wildman–Crippen MR) is 132 cm³/mol. The Labute approximate surface area is 206 Å². The van der Waals surface area contributed by atoms with Crippen LogP contribution in [-0.4, -0.2) is 54.9 Å². The minimum Gasteiger partial charge on any atom is -0.383 e. The van der Waals surface area contributed by atoms with Gasteiger partial charge in [-0.05, 0) is 38.0 Å². The van der Waals surface area contributed by atoms with Crippen molar-refractivity contribution in [3.05, 3.63) is 62.9 Å². The second-order valence-electron chi connectivity index (χ2n) is 8.38. The van der Waals surface area contributed by atoms with E-state index in [2.05, 4.69) is 4.99 Å². The van der Waals surface area contributed by atoms with Crippen LogP contribution in [0, 0.1) is 23.0 Å². The van der Waals surface area contributed by atoms with Crippen molar-refractivity contribution in [3.8, 4) is 0 Å². The molecule has 10 nitrogen and oxygen atoms in total. The summed E-state index contributed by atoms with van der Waals surface area (Å²) in [6.07, 6.45) is 0.754. The monoisotopic (exact) mass is 518 g/mol. The Morgan fingerprint density at radius 3 is 2.51 bits per heavy atom. The number of aromatic nitrogens is 1. The van der Waals surface area contributed by atoms with Crippen LogP contribution in [0.2, 0.25) is 0 Å². The quantitative estimate of drug-likeness (QED) is 0.350. The normalized spacial score (nSPS) is 16.1. The van der Waals surface area contributed by atoms with Gasteiger partial charge in [0.15, 0.2) is 4.80 Å². The summed E-state index contributed by atoms with van der Waals surface area (Å²) in [5, 5.41) is 11.2. The summed E-state index contributed by atoms with van der Waals surface area (Å²) in [5.74, 6) is -0.709. The second-order valence-corrected chi connectivity index (χ2v) is 11.3. The second kappa shape index (κ2) is 10.4. The molecule has 0 unspecified atom stereocenters. The Morgan fingerprint density at radius 1 is 1.20 bits per heavy atom. The summed E-state index contributed by atoms with van der Waals surface area (Å²) in [6, 6.07) is 11.3. The number of amides is 1. The average molecular weight is 519 g/mol. The van der Waals surface area contributed by atoms with Crippen molar-refractivity contribution in [2.24, 2.45) is 10.9 Å². The fourth-order valence-corrected chi connectivity index (χ4v) is 6.61. The molecule has 0 aliphatic carbocycles. The Morgan fingerprint density at radius 2 is 1.89 bits per heavy atom. The average Bonchev–Trinajstić information content (AvgIpc) is 3.18. The number of sulfonamides is 1. The molecule has 35 heavy (non-hydrogen) atoms. The van der Waals surface area contributed by atoms with Gasteiger partial charge in [-0.25, -0.2) is 8.42 Å². The first-order valence-electron chi connectivity index (χ1n) is 11.1. The number of thiazole rings is 1. The molecule has 1 aliphatic rings. The Balaban J connectivity index is 1.55. The van der Waals surface area contributed by atoms with Crippen LogP contribution in [0.25, 0.3) is 10.2 Å². The van der Waals surface area contributed by atoms with E-state index in [0.29, 0.717) is 35.5 Å². The lowest BCUT2D eigenvalue weighted by atomic mass is 9.98. The minimum absolute atomic E-state index is 0.0299. The minimum atomic E-state index is -3.61. The lowest BCUT2D eigenvalue weighted by Crippen LogP contribution is -2.40. The molecule has 4 rings (SSSR count). The number of methoxy groups -OCH3 is 1. The van der Waals surface area contributed by atoms with Gasteiger partial charge in [0.1, 0.15) is 0 Å². The van der Waals surface area contributed by atoms with Gasteiger partial charge < -0.3 is 9.30 Å². The topological polar surface area (TPSA) is 124 Å². The van der Waals surface area contributed by atoms with Gasteiger partial charge in [-0.1, -0.05) is 29.0 Å². The third kappa shape index (κ3) is 5.35. The molecule has 1 aliphatic heterocycles. The van der Waals surface area contributed by atoms with Crippen molar-refractivity contribution in [2.75, 3.05) is 26.8 Å². The number of benzene rings is 2. The number of fused-ring (bicyclic) bond motifs is 1. The van der Waals surface area contributed by atoms with Crippen LogP contribution < -0.4 is 4.80 Å². The molecule has 3 aromatic rings. The van der Waals surface area contributed by atoms with E-state index in [9.17, 15) is 23.3 Å². The third-order valence-electron chi connectivity index (χ3n) is 6.06. The SMILES string of the molecule is COCCn1c(=NC(=O)C2CCN(S(=O)(=O)c3ccc(C)cc3)CC2)sc2cc([N+](=O)[O-])ccc21. The van der Waals surface area contributed by atoms with Crippen molar-refractivity contribution >= 4 is 43.2 Å². The van der Waals surface area contributed by atoms with Crippen LogP contribution >= 0.6 is 11.3 Å². The molecule has 2 heterocycles. The van der Waals surface area contributed by atoms with Crippen LogP contribution in [0.5, 0.6) is 0 Å². The zero-order chi connectivity index (χ0) is 25.2. The van der Waals surface area contributed by atoms with Crippen molar-refractivity contribution in [1.82, 2.24) is 8.87 Å². The molecule has 12 heteroatoms. The molecular formula is C23H26N4O6S2. The van der Waals surface area contributed by atoms with Gasteiger partial charge >= 0.3 is 0 Å². The number of rotatable bonds is 7. The number of ether oxygens (including phenoxy) is 1. The predicted octanol–water partition coefficient (Wildman–Crippen LogP) is 3.09. The molecule has 1 aromatic heterocycles. The smallest absolute Gasteiger partial charge is 0.270 e. The Hall–Kier alpha value is -2.93. The number of hydrogen-bond donors (Lipinski definition) is 0. The maximum atomic E-state index is 13.0. The van der Waals surface area contributed by atoms with E-state index in [-0.39, 0.29) is 29.6 Å². The largest absolute Gasteiger partial charge is 0.383 e. The first kappa shape index (κ1) is 25.2. The maximum absolute atomic E-state index is 13.0. The summed E-state index contributed by atoms with van der Waals surface area (Å²) in [7, 11) is -2.04. The van der Waals surface area contributed by atoms with Crippen molar-refractivity contribution in [2.45, 2.75) is 31.2 Å². The van der Waals surface area contributed by atoms with Crippen LogP contribution in [0.15, 0.2) is 52.4 Å². The van der Waals surface area contributed by atoms with E-state index in [1.54, 1.807) is 37.4 Å². The molecule has 186 valence electrons. The zero-order valence-corrected chi connectivity index (χ0v) is 21.0. The molecule has 0 spiro atoms. The highest BCUT2D eigenvalue weighted by molar-refractivity contribution is 7.89. The van der Waals surface area contributed by atoms with E-state index < -0.39 is 20.9 Å². The fraction of sp³-hybridized carbons (Fsp3) is 0.391. The van der Waals surface area contributed by atoms with E-state index >= 15 is 0 Å². The van der Waals surface area contributed by atoms with Crippen molar-refractivity contribution in [1.29, 1.82) is 0 Å². The van der Waals surface area contributed by atoms with Gasteiger partial charge in [0, 0.05) is 44.8 Å². The Bertz CT molecular complexity index is 1420. The number of aryl methyl sites for hydroxylation is 1. The molecule has 0 saturated carbocycles. The fourth-order valence-electron chi connectivity index (χ4n) is 4.05. The van der Waals surface area contributed by atoms with Crippen LogP contribution in [0.4, 0.5) is 5.69 Å². The molecule has 1 amide bonds. The first-order chi connectivity index (χ1) is 16.7. The highest BCUT2D eigenvalue weighted by atomic mass is 32.2. The van der Waals surface area contributed by atoms with Crippen LogP contribution in [-0.2, 0) is 26.1 Å². The maximum Gasteiger partial charge on any atom is 0.270 e. The first-order valence-corrected chi connectivity index (χ1v) is 13.4. The third-order valence-corrected chi connectivity index (χ3v) is 9.02. The molecular weight excluding hydrogens is 492 g/mol. The number of nitro groups is 1. The Kier molecular flexibility index (Phi) is 7.45. The molecule has 0 bridgehead atoms. The summed E-state index contributed by atoms with van der Waals surface area (Å²) in [4.78, 5) is 28.8. The highest BCUT2D eigenvalue weighted by Crippen LogP contribution is 2.26. The lowest BCUT2D eigenvalue weighted by Gasteiger charge is -2.29. The molecule has 0 atom stereocenters. The molecule has 0 radical (unpaired) electrons. The van der Waals surface area contributed by atoms with E-state index in [0.717, 1.165) is 11.1 Å². The van der Waals surface area contributed by atoms with Gasteiger partial charge in [-0.3, -0.25) is 14.9 Å². The summed E-state index contributed by atoms with van der Waals surface area (Å²) < 4.78 is 35.0. The molecule has 0 N–H and O–H groups in total. The number of piperidine rings is 1. The van der Waals surface area contributed by atoms with E-state index in [1.807, 2.05) is 11.5 Å². The van der Waals surface area contributed by atoms with Gasteiger partial charge in [-0.2, -0.15) is 9.30 Å². The summed E-state index contributed by atoms with van der Waals surface area (Å²) in [5.41, 5.74) is 1.69. The number of nitrogens with zero attached hydrogens (tertiary/aromatic N) is 4. The van der Waals surface area contributed by atoms with Crippen molar-refractivity contribution < 1.29 is 22.9 Å². The number of non-ortho nitro benzene ring substituents is 1. The molecule has 1 fully saturated rings. The summed E-state index contributed by atoms with van der Waals surface area (Å²) in [6.45, 7) is 3.20. The number of carbonyl (C=O) groups is 1. The van der Waals surface area contributed by atoms with Crippen LogP contribution in [0.1, 0.15) is 18.4 Å². The number of hydrogen-bond acceptors (Lipinski definition) is 7. The lowest BCUT2D eigenvalue weighted by molar-refractivity contribution is -0.384. The number of carbonyl (C=O) groups excluding carboxylic acids is 1. The van der Waals surface area contributed by atoms with E-state index in [1.165, 1.54) is 27.8 Å². The van der Waals surface area contributed by atoms with Gasteiger partial charge in [-0.15, -0.1) is 0 Å². The summed E-state index contributed by atoms with van der Waals surface area (Å²) >= 11 is 1.21.